The second kappa shape index (κ2) is 7.28. The second-order valence-corrected chi connectivity index (χ2v) is 5.90. The first kappa shape index (κ1) is 16.2. The molecule has 0 aliphatic heterocycles. The van der Waals surface area contributed by atoms with E-state index in [1.807, 2.05) is 60.7 Å². The van der Waals surface area contributed by atoms with Crippen molar-refractivity contribution >= 4 is 17.3 Å². The summed E-state index contributed by atoms with van der Waals surface area (Å²) < 4.78 is 11.3. The number of halogens is 1. The third-order valence-corrected chi connectivity index (χ3v) is 3.87. The average molecular weight is 340 g/mol. The van der Waals surface area contributed by atoms with Gasteiger partial charge in [-0.15, -0.1) is 0 Å². The fourth-order valence-electron chi connectivity index (χ4n) is 2.44. The van der Waals surface area contributed by atoms with Crippen molar-refractivity contribution in [3.63, 3.8) is 0 Å². The number of hydrogen-bond donors (Lipinski definition) is 1. The Bertz CT molecular complexity index is 831. The van der Waals surface area contributed by atoms with Crippen molar-refractivity contribution in [3.8, 4) is 17.2 Å². The van der Waals surface area contributed by atoms with E-state index in [4.69, 9.17) is 26.8 Å². The standard InChI is InChI=1S/C20H18ClNO2/c1-23-19-10-7-15(11-14-5-8-17(22)9-6-14)12-20(19)24-18-4-2-3-16(21)13-18/h2-10,12-13H,11,22H2,1H3. The fourth-order valence-corrected chi connectivity index (χ4v) is 2.62. The van der Waals surface area contributed by atoms with Crippen molar-refractivity contribution in [3.05, 3.63) is 82.9 Å². The SMILES string of the molecule is COc1ccc(Cc2ccc(N)cc2)cc1Oc1cccc(Cl)c1. The number of rotatable bonds is 5. The molecule has 0 bridgehead atoms. The van der Waals surface area contributed by atoms with Crippen molar-refractivity contribution in [1.82, 2.24) is 0 Å². The van der Waals surface area contributed by atoms with Crippen molar-refractivity contribution in [1.29, 1.82) is 0 Å². The van der Waals surface area contributed by atoms with Crippen LogP contribution in [-0.2, 0) is 6.42 Å². The first-order valence-corrected chi connectivity index (χ1v) is 7.96. The van der Waals surface area contributed by atoms with Crippen LogP contribution in [0.25, 0.3) is 0 Å². The molecule has 0 unspecified atom stereocenters. The zero-order valence-electron chi connectivity index (χ0n) is 13.3. The molecule has 3 rings (SSSR count). The minimum atomic E-state index is 0.629. The van der Waals surface area contributed by atoms with Gasteiger partial charge in [0.05, 0.1) is 7.11 Å². The lowest BCUT2D eigenvalue weighted by molar-refractivity contribution is 0.378. The maximum Gasteiger partial charge on any atom is 0.169 e. The Morgan fingerprint density at radius 2 is 1.62 bits per heavy atom. The largest absolute Gasteiger partial charge is 0.493 e. The van der Waals surface area contributed by atoms with Crippen molar-refractivity contribution in [2.45, 2.75) is 6.42 Å². The molecule has 24 heavy (non-hydrogen) atoms. The lowest BCUT2D eigenvalue weighted by atomic mass is 10.0. The van der Waals surface area contributed by atoms with E-state index in [-0.39, 0.29) is 0 Å². The molecule has 0 heterocycles. The summed E-state index contributed by atoms with van der Waals surface area (Å²) in [4.78, 5) is 0. The van der Waals surface area contributed by atoms with E-state index in [0.29, 0.717) is 22.3 Å². The zero-order valence-corrected chi connectivity index (χ0v) is 14.1. The summed E-state index contributed by atoms with van der Waals surface area (Å²) in [6.07, 6.45) is 0.788. The van der Waals surface area contributed by atoms with Gasteiger partial charge in [-0.2, -0.15) is 0 Å². The smallest absolute Gasteiger partial charge is 0.169 e. The predicted octanol–water partition coefficient (Wildman–Crippen LogP) is 5.31. The summed E-state index contributed by atoms with van der Waals surface area (Å²) in [6, 6.07) is 21.1. The minimum absolute atomic E-state index is 0.629. The summed E-state index contributed by atoms with van der Waals surface area (Å²) in [7, 11) is 1.62. The van der Waals surface area contributed by atoms with Gasteiger partial charge in [-0.3, -0.25) is 0 Å². The van der Waals surface area contributed by atoms with Gasteiger partial charge >= 0.3 is 0 Å². The summed E-state index contributed by atoms with van der Waals surface area (Å²) in [6.45, 7) is 0. The third-order valence-electron chi connectivity index (χ3n) is 3.64. The molecule has 4 heteroatoms. The Kier molecular flexibility index (Phi) is 4.92. The van der Waals surface area contributed by atoms with E-state index in [9.17, 15) is 0 Å². The van der Waals surface area contributed by atoms with Crippen LogP contribution < -0.4 is 15.2 Å². The van der Waals surface area contributed by atoms with E-state index in [2.05, 4.69) is 0 Å². The summed E-state index contributed by atoms with van der Waals surface area (Å²) >= 11 is 6.01. The van der Waals surface area contributed by atoms with E-state index in [1.165, 1.54) is 5.56 Å². The van der Waals surface area contributed by atoms with Gasteiger partial charge in [-0.25, -0.2) is 0 Å². The van der Waals surface area contributed by atoms with Crippen LogP contribution in [0.1, 0.15) is 11.1 Å². The molecule has 0 aromatic heterocycles. The molecule has 0 radical (unpaired) electrons. The van der Waals surface area contributed by atoms with Gasteiger partial charge in [-0.1, -0.05) is 35.9 Å². The molecular weight excluding hydrogens is 322 g/mol. The highest BCUT2D eigenvalue weighted by Gasteiger charge is 2.08. The highest BCUT2D eigenvalue weighted by molar-refractivity contribution is 6.30. The highest BCUT2D eigenvalue weighted by Crippen LogP contribution is 2.33. The van der Waals surface area contributed by atoms with Gasteiger partial charge in [0, 0.05) is 10.7 Å². The van der Waals surface area contributed by atoms with Crippen LogP contribution in [0, 0.1) is 0 Å². The number of nitrogens with two attached hydrogens (primary N) is 1. The zero-order chi connectivity index (χ0) is 16.9. The molecule has 3 aromatic rings. The van der Waals surface area contributed by atoms with E-state index in [0.717, 1.165) is 17.7 Å². The molecule has 3 aromatic carbocycles. The summed E-state index contributed by atoms with van der Waals surface area (Å²) in [5.74, 6) is 2.01. The molecule has 0 amide bonds. The molecule has 0 atom stereocenters. The monoisotopic (exact) mass is 339 g/mol. The Balaban J connectivity index is 1.86. The van der Waals surface area contributed by atoms with Crippen LogP contribution in [0.2, 0.25) is 5.02 Å². The molecule has 122 valence electrons. The molecule has 2 N–H and O–H groups in total. The first-order chi connectivity index (χ1) is 11.6. The average Bonchev–Trinajstić information content (AvgIpc) is 2.57. The number of benzene rings is 3. The van der Waals surface area contributed by atoms with Crippen LogP contribution in [0.5, 0.6) is 17.2 Å². The number of methoxy groups -OCH3 is 1. The van der Waals surface area contributed by atoms with Crippen LogP contribution >= 0.6 is 11.6 Å². The molecule has 0 spiro atoms. The lowest BCUT2D eigenvalue weighted by Gasteiger charge is -2.12. The first-order valence-electron chi connectivity index (χ1n) is 7.59. The van der Waals surface area contributed by atoms with Gasteiger partial charge in [0.1, 0.15) is 5.75 Å². The van der Waals surface area contributed by atoms with Crippen molar-refractivity contribution in [2.24, 2.45) is 0 Å². The number of anilines is 1. The van der Waals surface area contributed by atoms with E-state index in [1.54, 1.807) is 13.2 Å². The van der Waals surface area contributed by atoms with Crippen LogP contribution in [0.15, 0.2) is 66.7 Å². The molecular formula is C20H18ClNO2. The van der Waals surface area contributed by atoms with E-state index >= 15 is 0 Å². The highest BCUT2D eigenvalue weighted by atomic mass is 35.5. The van der Waals surface area contributed by atoms with Crippen LogP contribution in [-0.4, -0.2) is 7.11 Å². The Morgan fingerprint density at radius 3 is 2.33 bits per heavy atom. The van der Waals surface area contributed by atoms with Crippen molar-refractivity contribution < 1.29 is 9.47 Å². The molecule has 0 saturated heterocycles. The predicted molar refractivity (Wildman–Crippen MR) is 98.2 cm³/mol. The topological polar surface area (TPSA) is 44.5 Å². The maximum atomic E-state index is 6.01. The molecule has 0 saturated carbocycles. The van der Waals surface area contributed by atoms with Gasteiger partial charge < -0.3 is 15.2 Å². The van der Waals surface area contributed by atoms with Gasteiger partial charge in [0.15, 0.2) is 11.5 Å². The summed E-state index contributed by atoms with van der Waals surface area (Å²) in [5.41, 5.74) is 8.80. The van der Waals surface area contributed by atoms with E-state index < -0.39 is 0 Å². The van der Waals surface area contributed by atoms with Crippen LogP contribution in [0.3, 0.4) is 0 Å². The number of ether oxygens (including phenoxy) is 2. The summed E-state index contributed by atoms with van der Waals surface area (Å²) in [5, 5.41) is 0.629. The van der Waals surface area contributed by atoms with Gasteiger partial charge in [-0.05, 0) is 60.0 Å². The number of hydrogen-bond acceptors (Lipinski definition) is 3. The number of nitrogen functional groups attached to an aromatic ring is 1. The molecule has 0 fully saturated rings. The maximum absolute atomic E-state index is 6.01. The lowest BCUT2D eigenvalue weighted by Crippen LogP contribution is -1.94. The van der Waals surface area contributed by atoms with Crippen molar-refractivity contribution in [2.75, 3.05) is 12.8 Å². The molecule has 0 aliphatic carbocycles. The quantitative estimate of drug-likeness (QED) is 0.640. The fraction of sp³-hybridized carbons (Fsp3) is 0.100. The van der Waals surface area contributed by atoms with Gasteiger partial charge in [0.25, 0.3) is 0 Å². The normalized spacial score (nSPS) is 10.4. The Morgan fingerprint density at radius 1 is 0.875 bits per heavy atom. The third kappa shape index (κ3) is 4.00. The second-order valence-electron chi connectivity index (χ2n) is 5.46. The Labute approximate surface area is 146 Å². The van der Waals surface area contributed by atoms with Gasteiger partial charge in [0.2, 0.25) is 0 Å². The van der Waals surface area contributed by atoms with Crippen LogP contribution in [0.4, 0.5) is 5.69 Å². The molecule has 0 aliphatic rings. The minimum Gasteiger partial charge on any atom is -0.493 e. The molecule has 3 nitrogen and oxygen atoms in total. The Hall–Kier alpha value is -2.65.